The summed E-state index contributed by atoms with van der Waals surface area (Å²) in [7, 11) is 0. The van der Waals surface area contributed by atoms with E-state index in [0.717, 1.165) is 50.7 Å². The molecule has 2 rings (SSSR count). The zero-order valence-corrected chi connectivity index (χ0v) is 12.6. The van der Waals surface area contributed by atoms with Crippen LogP contribution in [0.4, 0.5) is 5.82 Å². The smallest absolute Gasteiger partial charge is 0.144 e. The number of anilines is 1. The van der Waals surface area contributed by atoms with Gasteiger partial charge in [-0.2, -0.15) is 0 Å². The Morgan fingerprint density at radius 1 is 1.35 bits per heavy atom. The molecule has 1 atom stereocenters. The lowest BCUT2D eigenvalue weighted by Crippen LogP contribution is -2.32. The van der Waals surface area contributed by atoms with Crippen LogP contribution < -0.4 is 5.32 Å². The highest BCUT2D eigenvalue weighted by Crippen LogP contribution is 2.14. The SMILES string of the molecule is CCCNc1cnc(CN(CC)CC2CCCO2)cn1. The van der Waals surface area contributed by atoms with Crippen molar-refractivity contribution >= 4 is 5.82 Å². The van der Waals surface area contributed by atoms with E-state index in [-0.39, 0.29) is 0 Å². The van der Waals surface area contributed by atoms with Crippen LogP contribution in [0.2, 0.25) is 0 Å². The molecule has 0 amide bonds. The monoisotopic (exact) mass is 278 g/mol. The van der Waals surface area contributed by atoms with Crippen LogP contribution in [0.5, 0.6) is 0 Å². The quantitative estimate of drug-likeness (QED) is 0.790. The maximum Gasteiger partial charge on any atom is 0.144 e. The van der Waals surface area contributed by atoms with Crippen molar-refractivity contribution in [3.8, 4) is 0 Å². The van der Waals surface area contributed by atoms with Gasteiger partial charge in [0.25, 0.3) is 0 Å². The van der Waals surface area contributed by atoms with Crippen LogP contribution in [0.1, 0.15) is 38.8 Å². The molecular formula is C15H26N4O. The molecule has 1 aliphatic rings. The molecule has 1 aromatic rings. The number of aromatic nitrogens is 2. The van der Waals surface area contributed by atoms with Gasteiger partial charge in [-0.3, -0.25) is 9.88 Å². The van der Waals surface area contributed by atoms with Crippen LogP contribution in [0, 0.1) is 0 Å². The van der Waals surface area contributed by atoms with Crippen molar-refractivity contribution in [3.05, 3.63) is 18.1 Å². The number of hydrogen-bond donors (Lipinski definition) is 1. The molecule has 5 heteroatoms. The number of hydrogen-bond acceptors (Lipinski definition) is 5. The molecule has 1 aliphatic heterocycles. The number of likely N-dealkylation sites (N-methyl/N-ethyl adjacent to an activating group) is 1. The highest BCUT2D eigenvalue weighted by molar-refractivity contribution is 5.30. The Balaban J connectivity index is 1.83. The molecule has 1 unspecified atom stereocenters. The molecule has 0 aliphatic carbocycles. The van der Waals surface area contributed by atoms with Crippen molar-refractivity contribution in [1.29, 1.82) is 0 Å². The predicted molar refractivity (Wildman–Crippen MR) is 80.7 cm³/mol. The lowest BCUT2D eigenvalue weighted by Gasteiger charge is -2.23. The zero-order chi connectivity index (χ0) is 14.2. The Labute approximate surface area is 121 Å². The summed E-state index contributed by atoms with van der Waals surface area (Å²) >= 11 is 0. The summed E-state index contributed by atoms with van der Waals surface area (Å²) in [6.07, 6.45) is 7.56. The summed E-state index contributed by atoms with van der Waals surface area (Å²) in [4.78, 5) is 11.3. The largest absolute Gasteiger partial charge is 0.377 e. The van der Waals surface area contributed by atoms with Crippen molar-refractivity contribution in [2.75, 3.05) is 31.6 Å². The lowest BCUT2D eigenvalue weighted by molar-refractivity contribution is 0.0720. The molecule has 1 N–H and O–H groups in total. The first kappa shape index (κ1) is 15.2. The van der Waals surface area contributed by atoms with E-state index in [2.05, 4.69) is 34.0 Å². The number of ether oxygens (including phenoxy) is 1. The van der Waals surface area contributed by atoms with Crippen molar-refractivity contribution in [2.45, 2.75) is 45.8 Å². The molecule has 1 fully saturated rings. The van der Waals surface area contributed by atoms with Crippen LogP contribution in [-0.2, 0) is 11.3 Å². The summed E-state index contributed by atoms with van der Waals surface area (Å²) < 4.78 is 5.70. The Bertz CT molecular complexity index is 376. The molecule has 1 aromatic heterocycles. The van der Waals surface area contributed by atoms with E-state index in [1.807, 2.05) is 12.4 Å². The van der Waals surface area contributed by atoms with E-state index in [0.29, 0.717) is 6.10 Å². The van der Waals surface area contributed by atoms with Crippen LogP contribution in [-0.4, -0.2) is 47.2 Å². The van der Waals surface area contributed by atoms with Crippen molar-refractivity contribution in [2.24, 2.45) is 0 Å². The highest BCUT2D eigenvalue weighted by Gasteiger charge is 2.18. The van der Waals surface area contributed by atoms with Crippen molar-refractivity contribution < 1.29 is 4.74 Å². The third kappa shape index (κ3) is 4.72. The van der Waals surface area contributed by atoms with E-state index in [1.54, 1.807) is 0 Å². The van der Waals surface area contributed by atoms with E-state index < -0.39 is 0 Å². The minimum atomic E-state index is 0.397. The minimum Gasteiger partial charge on any atom is -0.377 e. The minimum absolute atomic E-state index is 0.397. The topological polar surface area (TPSA) is 50.3 Å². The van der Waals surface area contributed by atoms with Gasteiger partial charge < -0.3 is 10.1 Å². The number of nitrogens with zero attached hydrogens (tertiary/aromatic N) is 3. The molecular weight excluding hydrogens is 252 g/mol. The van der Waals surface area contributed by atoms with Crippen LogP contribution in [0.15, 0.2) is 12.4 Å². The first-order valence-electron chi connectivity index (χ1n) is 7.70. The molecule has 0 saturated carbocycles. The van der Waals surface area contributed by atoms with Gasteiger partial charge >= 0.3 is 0 Å². The molecule has 0 bridgehead atoms. The van der Waals surface area contributed by atoms with Gasteiger partial charge in [0, 0.05) is 26.2 Å². The molecule has 2 heterocycles. The standard InChI is InChI=1S/C15H26N4O/c1-3-7-16-15-10-17-13(9-18-15)11-19(4-2)12-14-6-5-8-20-14/h9-10,14H,3-8,11-12H2,1-2H3,(H,16,18). The van der Waals surface area contributed by atoms with Crippen LogP contribution in [0.3, 0.4) is 0 Å². The van der Waals surface area contributed by atoms with Crippen molar-refractivity contribution in [1.82, 2.24) is 14.9 Å². The Hall–Kier alpha value is -1.20. The van der Waals surface area contributed by atoms with Gasteiger partial charge in [-0.05, 0) is 25.8 Å². The predicted octanol–water partition coefficient (Wildman–Crippen LogP) is 2.30. The third-order valence-electron chi connectivity index (χ3n) is 3.58. The van der Waals surface area contributed by atoms with Crippen LogP contribution in [0.25, 0.3) is 0 Å². The average Bonchev–Trinajstić information content (AvgIpc) is 2.99. The van der Waals surface area contributed by atoms with Crippen molar-refractivity contribution in [3.63, 3.8) is 0 Å². The summed E-state index contributed by atoms with van der Waals surface area (Å²) in [6, 6.07) is 0. The second-order valence-electron chi connectivity index (χ2n) is 5.28. The first-order chi connectivity index (χ1) is 9.81. The van der Waals surface area contributed by atoms with E-state index in [1.165, 1.54) is 12.8 Å². The zero-order valence-electron chi connectivity index (χ0n) is 12.6. The van der Waals surface area contributed by atoms with E-state index >= 15 is 0 Å². The molecule has 0 spiro atoms. The maximum atomic E-state index is 5.70. The Morgan fingerprint density at radius 3 is 2.85 bits per heavy atom. The Morgan fingerprint density at radius 2 is 2.25 bits per heavy atom. The molecule has 20 heavy (non-hydrogen) atoms. The molecule has 0 radical (unpaired) electrons. The van der Waals surface area contributed by atoms with E-state index in [4.69, 9.17) is 4.74 Å². The lowest BCUT2D eigenvalue weighted by atomic mass is 10.2. The molecule has 112 valence electrons. The summed E-state index contributed by atoms with van der Waals surface area (Å²) in [5.41, 5.74) is 1.02. The fourth-order valence-corrected chi connectivity index (χ4v) is 2.39. The Kier molecular flexibility index (Phi) is 6.21. The van der Waals surface area contributed by atoms with E-state index in [9.17, 15) is 0 Å². The fourth-order valence-electron chi connectivity index (χ4n) is 2.39. The fraction of sp³-hybridized carbons (Fsp3) is 0.733. The van der Waals surface area contributed by atoms with Crippen LogP contribution >= 0.6 is 0 Å². The highest BCUT2D eigenvalue weighted by atomic mass is 16.5. The van der Waals surface area contributed by atoms with Gasteiger partial charge in [0.1, 0.15) is 5.82 Å². The van der Waals surface area contributed by atoms with Gasteiger partial charge in [0.15, 0.2) is 0 Å². The summed E-state index contributed by atoms with van der Waals surface area (Å²) in [5, 5.41) is 3.24. The number of nitrogens with one attached hydrogen (secondary N) is 1. The second-order valence-corrected chi connectivity index (χ2v) is 5.28. The summed E-state index contributed by atoms with van der Waals surface area (Å²) in [5.74, 6) is 0.859. The average molecular weight is 278 g/mol. The van der Waals surface area contributed by atoms with Gasteiger partial charge in [0.2, 0.25) is 0 Å². The van der Waals surface area contributed by atoms with Gasteiger partial charge in [0.05, 0.1) is 24.2 Å². The van der Waals surface area contributed by atoms with Gasteiger partial charge in [-0.15, -0.1) is 0 Å². The normalized spacial score (nSPS) is 18.6. The molecule has 5 nitrogen and oxygen atoms in total. The molecule has 1 saturated heterocycles. The van der Waals surface area contributed by atoms with Gasteiger partial charge in [-0.25, -0.2) is 4.98 Å². The van der Waals surface area contributed by atoms with Gasteiger partial charge in [-0.1, -0.05) is 13.8 Å². The first-order valence-corrected chi connectivity index (χ1v) is 7.70. The number of rotatable bonds is 8. The second kappa shape index (κ2) is 8.17. The third-order valence-corrected chi connectivity index (χ3v) is 3.58. The maximum absolute atomic E-state index is 5.70. The molecule has 0 aromatic carbocycles. The summed E-state index contributed by atoms with van der Waals surface area (Å²) in [6.45, 7) is 9.02.